The van der Waals surface area contributed by atoms with Gasteiger partial charge in [0.2, 0.25) is 0 Å². The van der Waals surface area contributed by atoms with Crippen LogP contribution in [0.4, 0.5) is 4.39 Å². The fourth-order valence-corrected chi connectivity index (χ4v) is 2.40. The van der Waals surface area contributed by atoms with Gasteiger partial charge in [0.25, 0.3) is 0 Å². The minimum atomic E-state index is -0.269. The molecular weight excluding hydrogens is 263 g/mol. The van der Waals surface area contributed by atoms with Crippen LogP contribution in [0.15, 0.2) is 36.5 Å². The van der Waals surface area contributed by atoms with Crippen molar-refractivity contribution >= 4 is 11.6 Å². The van der Waals surface area contributed by atoms with E-state index in [0.717, 1.165) is 11.3 Å². The van der Waals surface area contributed by atoms with E-state index in [1.165, 1.54) is 6.07 Å². The van der Waals surface area contributed by atoms with Crippen LogP contribution in [0, 0.1) is 12.7 Å². The van der Waals surface area contributed by atoms with Gasteiger partial charge in [-0.15, -0.1) is 0 Å². The molecule has 19 heavy (non-hydrogen) atoms. The van der Waals surface area contributed by atoms with Crippen LogP contribution in [0.2, 0.25) is 5.02 Å². The van der Waals surface area contributed by atoms with Crippen LogP contribution in [-0.4, -0.2) is 12.0 Å². The third kappa shape index (κ3) is 3.11. The van der Waals surface area contributed by atoms with E-state index in [2.05, 4.69) is 10.3 Å². The molecule has 2 rings (SSSR count). The molecule has 0 aliphatic heterocycles. The molecule has 1 heterocycles. The van der Waals surface area contributed by atoms with Crippen LogP contribution in [-0.2, 0) is 6.42 Å². The molecule has 2 nitrogen and oxygen atoms in total. The second-order valence-corrected chi connectivity index (χ2v) is 4.83. The van der Waals surface area contributed by atoms with Gasteiger partial charge in [0.05, 0.1) is 0 Å². The van der Waals surface area contributed by atoms with Crippen LogP contribution >= 0.6 is 11.6 Å². The molecule has 4 heteroatoms. The van der Waals surface area contributed by atoms with Crippen molar-refractivity contribution in [3.63, 3.8) is 0 Å². The summed E-state index contributed by atoms with van der Waals surface area (Å²) in [6, 6.07) is 8.63. The second-order valence-electron chi connectivity index (χ2n) is 4.42. The molecule has 1 atom stereocenters. The lowest BCUT2D eigenvalue weighted by molar-refractivity contribution is 0.551. The van der Waals surface area contributed by atoms with Gasteiger partial charge in [0, 0.05) is 28.5 Å². The maximum absolute atomic E-state index is 13.8. The average molecular weight is 279 g/mol. The van der Waals surface area contributed by atoms with Gasteiger partial charge in [-0.25, -0.2) is 4.39 Å². The standard InChI is InChI=1S/C15H16ClFN2/c1-10-11(5-4-8-19-10)15(18-2)9-12-13(16)6-3-7-14(12)17/h3-8,15,18H,9H2,1-2H3. The lowest BCUT2D eigenvalue weighted by Gasteiger charge is -2.19. The Morgan fingerprint density at radius 1 is 1.32 bits per heavy atom. The van der Waals surface area contributed by atoms with Crippen LogP contribution in [0.5, 0.6) is 0 Å². The lowest BCUT2D eigenvalue weighted by atomic mass is 9.97. The molecule has 2 aromatic rings. The van der Waals surface area contributed by atoms with Gasteiger partial charge in [-0.3, -0.25) is 4.98 Å². The summed E-state index contributed by atoms with van der Waals surface area (Å²) in [7, 11) is 1.85. The van der Waals surface area contributed by atoms with Crippen LogP contribution in [0.25, 0.3) is 0 Å². The molecule has 0 aliphatic rings. The Hall–Kier alpha value is -1.45. The van der Waals surface area contributed by atoms with Crippen molar-refractivity contribution in [3.8, 4) is 0 Å². The third-order valence-corrected chi connectivity index (χ3v) is 3.60. The first-order valence-electron chi connectivity index (χ1n) is 6.15. The maximum Gasteiger partial charge on any atom is 0.127 e. The quantitative estimate of drug-likeness (QED) is 0.923. The number of halogens is 2. The number of hydrogen-bond acceptors (Lipinski definition) is 2. The lowest BCUT2D eigenvalue weighted by Crippen LogP contribution is -2.20. The van der Waals surface area contributed by atoms with E-state index in [1.807, 2.05) is 26.1 Å². The molecular formula is C15H16ClFN2. The van der Waals surface area contributed by atoms with E-state index in [1.54, 1.807) is 18.3 Å². The highest BCUT2D eigenvalue weighted by Crippen LogP contribution is 2.26. The topological polar surface area (TPSA) is 24.9 Å². The van der Waals surface area contributed by atoms with E-state index in [9.17, 15) is 4.39 Å². The Kier molecular flexibility index (Phi) is 4.51. The van der Waals surface area contributed by atoms with E-state index in [0.29, 0.717) is 17.0 Å². The van der Waals surface area contributed by atoms with Gasteiger partial charge in [0.15, 0.2) is 0 Å². The predicted molar refractivity (Wildman–Crippen MR) is 75.9 cm³/mol. The number of aromatic nitrogens is 1. The summed E-state index contributed by atoms with van der Waals surface area (Å²) in [6.45, 7) is 1.95. The normalized spacial score (nSPS) is 12.4. The zero-order valence-corrected chi connectivity index (χ0v) is 11.7. The van der Waals surface area contributed by atoms with Gasteiger partial charge in [-0.2, -0.15) is 0 Å². The van der Waals surface area contributed by atoms with Crippen molar-refractivity contribution in [1.82, 2.24) is 10.3 Å². The maximum atomic E-state index is 13.8. The first-order chi connectivity index (χ1) is 9.13. The van der Waals surface area contributed by atoms with E-state index >= 15 is 0 Å². The molecule has 1 aromatic heterocycles. The first kappa shape index (κ1) is 14.0. The summed E-state index contributed by atoms with van der Waals surface area (Å²) in [5.41, 5.74) is 2.53. The van der Waals surface area contributed by atoms with E-state index < -0.39 is 0 Å². The number of pyridine rings is 1. The Bertz CT molecular complexity index is 552. The molecule has 0 radical (unpaired) electrons. The van der Waals surface area contributed by atoms with Crippen molar-refractivity contribution in [1.29, 1.82) is 0 Å². The van der Waals surface area contributed by atoms with Gasteiger partial charge in [-0.1, -0.05) is 23.7 Å². The second kappa shape index (κ2) is 6.13. The van der Waals surface area contributed by atoms with Crippen molar-refractivity contribution < 1.29 is 4.39 Å². The van der Waals surface area contributed by atoms with Gasteiger partial charge >= 0.3 is 0 Å². The fourth-order valence-electron chi connectivity index (χ4n) is 2.16. The largest absolute Gasteiger partial charge is 0.313 e. The van der Waals surface area contributed by atoms with Crippen molar-refractivity contribution in [2.24, 2.45) is 0 Å². The monoisotopic (exact) mass is 278 g/mol. The highest BCUT2D eigenvalue weighted by molar-refractivity contribution is 6.31. The number of aryl methyl sites for hydroxylation is 1. The molecule has 1 N–H and O–H groups in total. The summed E-state index contributed by atoms with van der Waals surface area (Å²) in [4.78, 5) is 4.27. The molecule has 1 aromatic carbocycles. The molecule has 0 spiro atoms. The van der Waals surface area contributed by atoms with E-state index in [4.69, 9.17) is 11.6 Å². The number of nitrogens with one attached hydrogen (secondary N) is 1. The predicted octanol–water partition coefficient (Wildman–Crippen LogP) is 3.69. The number of rotatable bonds is 4. The SMILES string of the molecule is CNC(Cc1c(F)cccc1Cl)c1cccnc1C. The number of likely N-dealkylation sites (N-methyl/N-ethyl adjacent to an activating group) is 1. The van der Waals surface area contributed by atoms with Gasteiger partial charge < -0.3 is 5.32 Å². The van der Waals surface area contributed by atoms with Gasteiger partial charge in [-0.05, 0) is 44.2 Å². The van der Waals surface area contributed by atoms with Crippen LogP contribution in [0.3, 0.4) is 0 Å². The first-order valence-corrected chi connectivity index (χ1v) is 6.53. The molecule has 0 saturated carbocycles. The summed E-state index contributed by atoms with van der Waals surface area (Å²) in [5.74, 6) is -0.269. The molecule has 0 saturated heterocycles. The Morgan fingerprint density at radius 3 is 2.74 bits per heavy atom. The molecule has 0 aliphatic carbocycles. The van der Waals surface area contributed by atoms with Crippen molar-refractivity contribution in [2.45, 2.75) is 19.4 Å². The minimum Gasteiger partial charge on any atom is -0.313 e. The molecule has 1 unspecified atom stereocenters. The van der Waals surface area contributed by atoms with E-state index in [-0.39, 0.29) is 11.9 Å². The third-order valence-electron chi connectivity index (χ3n) is 3.24. The molecule has 0 amide bonds. The Morgan fingerprint density at radius 2 is 2.11 bits per heavy atom. The zero-order valence-electron chi connectivity index (χ0n) is 11.0. The molecule has 0 fully saturated rings. The Labute approximate surface area is 117 Å². The zero-order chi connectivity index (χ0) is 13.8. The minimum absolute atomic E-state index is 0.0110. The summed E-state index contributed by atoms with van der Waals surface area (Å²) in [6.07, 6.45) is 2.25. The number of nitrogens with zero attached hydrogens (tertiary/aromatic N) is 1. The Balaban J connectivity index is 2.32. The molecule has 0 bridgehead atoms. The summed E-state index contributed by atoms with van der Waals surface area (Å²) < 4.78 is 13.8. The molecule has 100 valence electrons. The fraction of sp³-hybridized carbons (Fsp3) is 0.267. The van der Waals surface area contributed by atoms with Crippen LogP contribution in [0.1, 0.15) is 22.9 Å². The highest BCUT2D eigenvalue weighted by Gasteiger charge is 2.17. The average Bonchev–Trinajstić information content (AvgIpc) is 2.40. The number of hydrogen-bond donors (Lipinski definition) is 1. The number of benzene rings is 1. The summed E-state index contributed by atoms with van der Waals surface area (Å²) in [5, 5.41) is 3.66. The summed E-state index contributed by atoms with van der Waals surface area (Å²) >= 11 is 6.07. The highest BCUT2D eigenvalue weighted by atomic mass is 35.5. The van der Waals surface area contributed by atoms with Gasteiger partial charge in [0.1, 0.15) is 5.82 Å². The van der Waals surface area contributed by atoms with Crippen molar-refractivity contribution in [2.75, 3.05) is 7.05 Å². The smallest absolute Gasteiger partial charge is 0.127 e. The van der Waals surface area contributed by atoms with Crippen LogP contribution < -0.4 is 5.32 Å². The van der Waals surface area contributed by atoms with Crippen molar-refractivity contribution in [3.05, 3.63) is 64.2 Å².